The number of hydrogen-bond donors (Lipinski definition) is 3. The molecule has 0 aliphatic carbocycles. The summed E-state index contributed by atoms with van der Waals surface area (Å²) in [5, 5.41) is 10.4. The number of nitrogens with two attached hydrogens (primary N) is 1. The van der Waals surface area contributed by atoms with Crippen molar-refractivity contribution in [3.8, 4) is 5.75 Å². The van der Waals surface area contributed by atoms with Crippen LogP contribution in [0.4, 0.5) is 0 Å². The third-order valence-electron chi connectivity index (χ3n) is 2.63. The molecule has 90 valence electrons. The Balaban J connectivity index is 2.74. The fourth-order valence-electron chi connectivity index (χ4n) is 1.80. The van der Waals surface area contributed by atoms with Gasteiger partial charge in [0.2, 0.25) is 5.56 Å². The van der Waals surface area contributed by atoms with Crippen LogP contribution in [0.3, 0.4) is 0 Å². The van der Waals surface area contributed by atoms with Crippen molar-refractivity contribution in [2.24, 2.45) is 5.73 Å². The number of benzene rings is 1. The van der Waals surface area contributed by atoms with Gasteiger partial charge in [-0.05, 0) is 17.7 Å². The second-order valence-corrected chi connectivity index (χ2v) is 3.92. The van der Waals surface area contributed by atoms with Crippen molar-refractivity contribution in [2.45, 2.75) is 6.10 Å². The predicted molar refractivity (Wildman–Crippen MR) is 68.8 cm³/mol. The molecule has 0 saturated carbocycles. The molecule has 1 unspecified atom stereocenters. The van der Waals surface area contributed by atoms with Crippen LogP contribution in [-0.4, -0.2) is 16.6 Å². The molecule has 0 bridgehead atoms. The summed E-state index contributed by atoms with van der Waals surface area (Å²) in [7, 11) is 2.17. The molecule has 2 aromatic rings. The Morgan fingerprint density at radius 2 is 2.18 bits per heavy atom. The topological polar surface area (TPSA) is 88.3 Å². The monoisotopic (exact) mass is 252 g/mol. The molecule has 2 rings (SSSR count). The molecule has 0 amide bonds. The lowest BCUT2D eigenvalue weighted by atomic mass is 10.0. The Hall–Kier alpha value is -1.42. The zero-order chi connectivity index (χ0) is 12.4. The number of H-pyrrole nitrogens is 1. The minimum atomic E-state index is -0.297. The van der Waals surface area contributed by atoms with Crippen LogP contribution in [-0.2, 0) is 4.52 Å². The van der Waals surface area contributed by atoms with E-state index < -0.39 is 0 Å². The average Bonchev–Trinajstić information content (AvgIpc) is 2.34. The number of hydrogen-bond acceptors (Lipinski definition) is 4. The Bertz CT molecular complexity index is 593. The second kappa shape index (κ2) is 4.84. The maximum absolute atomic E-state index is 11.2. The first-order valence-electron chi connectivity index (χ1n) is 5.08. The quantitative estimate of drug-likeness (QED) is 0.712. The highest BCUT2D eigenvalue weighted by atomic mass is 31.0. The lowest BCUT2D eigenvalue weighted by Gasteiger charge is -2.15. The first kappa shape index (κ1) is 12.0. The number of rotatable bonds is 3. The molecule has 6 heteroatoms. The maximum atomic E-state index is 11.2. The van der Waals surface area contributed by atoms with Gasteiger partial charge in [-0.25, -0.2) is 0 Å². The molecule has 5 nitrogen and oxygen atoms in total. The van der Waals surface area contributed by atoms with Crippen molar-refractivity contribution in [1.82, 2.24) is 4.98 Å². The molecule has 4 N–H and O–H groups in total. The first-order valence-corrected chi connectivity index (χ1v) is 5.55. The van der Waals surface area contributed by atoms with E-state index in [2.05, 4.69) is 14.5 Å². The van der Waals surface area contributed by atoms with Gasteiger partial charge in [0.25, 0.3) is 0 Å². The minimum absolute atomic E-state index is 0.0287. The summed E-state index contributed by atoms with van der Waals surface area (Å²) in [6.07, 6.45) is -0.297. The zero-order valence-electron chi connectivity index (χ0n) is 9.01. The molecule has 1 aromatic heterocycles. The Morgan fingerprint density at radius 3 is 2.82 bits per heavy atom. The van der Waals surface area contributed by atoms with Gasteiger partial charge in [0.1, 0.15) is 5.75 Å². The lowest BCUT2D eigenvalue weighted by Crippen LogP contribution is -2.13. The normalized spacial score (nSPS) is 12.8. The molecule has 0 aliphatic heterocycles. The molecule has 17 heavy (non-hydrogen) atoms. The molecule has 0 fully saturated rings. The number of phenols is 1. The number of pyridine rings is 1. The Morgan fingerprint density at radius 1 is 1.41 bits per heavy atom. The van der Waals surface area contributed by atoms with Gasteiger partial charge < -0.3 is 20.3 Å². The third-order valence-corrected chi connectivity index (χ3v) is 2.96. The summed E-state index contributed by atoms with van der Waals surface area (Å²) in [5.41, 5.74) is 6.56. The van der Waals surface area contributed by atoms with Crippen molar-refractivity contribution in [3.63, 3.8) is 0 Å². The highest BCUT2D eigenvalue weighted by Crippen LogP contribution is 2.30. The summed E-state index contributed by atoms with van der Waals surface area (Å²) in [5.74, 6) is 0.0287. The van der Waals surface area contributed by atoms with Gasteiger partial charge in [0, 0.05) is 27.5 Å². The van der Waals surface area contributed by atoms with Crippen molar-refractivity contribution in [1.29, 1.82) is 0 Å². The molecule has 0 aliphatic rings. The van der Waals surface area contributed by atoms with Gasteiger partial charge in [0.05, 0.1) is 11.6 Å². The van der Waals surface area contributed by atoms with E-state index in [4.69, 9.17) is 10.3 Å². The summed E-state index contributed by atoms with van der Waals surface area (Å²) >= 11 is 0. The van der Waals surface area contributed by atoms with Crippen LogP contribution in [0.5, 0.6) is 5.75 Å². The molecular weight excluding hydrogens is 239 g/mol. The summed E-state index contributed by atoms with van der Waals surface area (Å²) in [6, 6.07) is 6.30. The van der Waals surface area contributed by atoms with E-state index >= 15 is 0 Å². The summed E-state index contributed by atoms with van der Waals surface area (Å²) < 4.78 is 5.18. The van der Waals surface area contributed by atoms with Gasteiger partial charge in [-0.15, -0.1) is 0 Å². The lowest BCUT2D eigenvalue weighted by molar-refractivity contribution is 0.257. The van der Waals surface area contributed by atoms with E-state index in [1.54, 1.807) is 12.1 Å². The van der Waals surface area contributed by atoms with E-state index in [-0.39, 0.29) is 17.4 Å². The molecule has 1 aromatic carbocycles. The Kier molecular flexibility index (Phi) is 3.43. The largest absolute Gasteiger partial charge is 0.506 e. The van der Waals surface area contributed by atoms with Gasteiger partial charge in [-0.1, -0.05) is 6.07 Å². The number of nitrogens with one attached hydrogen (secondary N) is 1. The van der Waals surface area contributed by atoms with Crippen LogP contribution in [0.25, 0.3) is 10.9 Å². The van der Waals surface area contributed by atoms with Crippen LogP contribution < -0.4 is 11.3 Å². The summed E-state index contributed by atoms with van der Waals surface area (Å²) in [6.45, 7) is 0.308. The van der Waals surface area contributed by atoms with Crippen LogP contribution in [0.1, 0.15) is 11.7 Å². The summed E-state index contributed by atoms with van der Waals surface area (Å²) in [4.78, 5) is 13.8. The third kappa shape index (κ3) is 2.17. The standard InChI is InChI=1S/C11H13N2O3P/c12-5-9(16-17)6-1-3-8(14)11-7(6)2-4-10(15)13-11/h1-4,9,14H,5,12,17H2,(H,13,15)/t9-/m0/s1. The molecule has 1 heterocycles. The van der Waals surface area contributed by atoms with Crippen LogP contribution >= 0.6 is 9.47 Å². The average molecular weight is 252 g/mol. The van der Waals surface area contributed by atoms with Crippen molar-refractivity contribution in [3.05, 3.63) is 40.2 Å². The maximum Gasteiger partial charge on any atom is 0.248 e. The Labute approximate surface area is 99.9 Å². The van der Waals surface area contributed by atoms with Crippen LogP contribution in [0, 0.1) is 0 Å². The molecule has 2 atom stereocenters. The van der Waals surface area contributed by atoms with Gasteiger partial charge in [-0.3, -0.25) is 4.79 Å². The zero-order valence-corrected chi connectivity index (χ0v) is 10.2. The number of aromatic nitrogens is 1. The highest BCUT2D eigenvalue weighted by molar-refractivity contribution is 7.09. The van der Waals surface area contributed by atoms with E-state index in [9.17, 15) is 9.90 Å². The smallest absolute Gasteiger partial charge is 0.248 e. The van der Waals surface area contributed by atoms with E-state index in [1.807, 2.05) is 0 Å². The van der Waals surface area contributed by atoms with Crippen molar-refractivity contribution < 1.29 is 9.63 Å². The highest BCUT2D eigenvalue weighted by Gasteiger charge is 2.14. The minimum Gasteiger partial charge on any atom is -0.506 e. The number of phenolic OH excluding ortho intramolecular Hbond substituents is 1. The molecular formula is C11H13N2O3P. The van der Waals surface area contributed by atoms with E-state index in [0.717, 1.165) is 10.9 Å². The fraction of sp³-hybridized carbons (Fsp3) is 0.182. The van der Waals surface area contributed by atoms with Crippen LogP contribution in [0.15, 0.2) is 29.1 Å². The predicted octanol–water partition coefficient (Wildman–Crippen LogP) is 1.04. The SMILES string of the molecule is NC[C@H](OP)c1ccc(O)c2[nH]c(=O)ccc12. The molecule has 0 saturated heterocycles. The van der Waals surface area contributed by atoms with E-state index in [1.165, 1.54) is 12.1 Å². The number of aromatic amines is 1. The van der Waals surface area contributed by atoms with Gasteiger partial charge >= 0.3 is 0 Å². The number of fused-ring (bicyclic) bond motifs is 1. The first-order chi connectivity index (χ1) is 8.17. The van der Waals surface area contributed by atoms with E-state index in [0.29, 0.717) is 12.1 Å². The van der Waals surface area contributed by atoms with Gasteiger partial charge in [0.15, 0.2) is 0 Å². The van der Waals surface area contributed by atoms with Gasteiger partial charge in [-0.2, -0.15) is 0 Å². The van der Waals surface area contributed by atoms with Crippen LogP contribution in [0.2, 0.25) is 0 Å². The molecule has 0 spiro atoms. The molecule has 0 radical (unpaired) electrons. The van der Waals surface area contributed by atoms with Crippen molar-refractivity contribution in [2.75, 3.05) is 6.54 Å². The number of aromatic hydroxyl groups is 1. The van der Waals surface area contributed by atoms with Crippen molar-refractivity contribution >= 4 is 20.4 Å². The second-order valence-electron chi connectivity index (χ2n) is 3.65. The fourth-order valence-corrected chi connectivity index (χ4v) is 2.05.